The normalized spacial score (nSPS) is 15.7. The third kappa shape index (κ3) is 3.73. The highest BCUT2D eigenvalue weighted by Gasteiger charge is 2.37. The number of amides is 3. The zero-order valence-corrected chi connectivity index (χ0v) is 18.9. The molecule has 3 amide bonds. The first-order valence-corrected chi connectivity index (χ1v) is 11.5. The first-order valence-electron chi connectivity index (χ1n) is 11.5. The summed E-state index contributed by atoms with van der Waals surface area (Å²) in [6.07, 6.45) is 1.50. The molecule has 0 N–H and O–H groups in total. The van der Waals surface area contributed by atoms with Crippen molar-refractivity contribution in [2.45, 2.75) is 6.54 Å². The van der Waals surface area contributed by atoms with Crippen LogP contribution < -0.4 is 4.90 Å². The molecule has 0 radical (unpaired) electrons. The van der Waals surface area contributed by atoms with Gasteiger partial charge in [0.25, 0.3) is 17.7 Å². The van der Waals surface area contributed by atoms with Gasteiger partial charge in [-0.1, -0.05) is 18.2 Å². The first-order chi connectivity index (χ1) is 17.1. The van der Waals surface area contributed by atoms with E-state index in [9.17, 15) is 14.4 Å². The average Bonchev–Trinajstić information content (AvgIpc) is 3.51. The predicted octanol–water partition coefficient (Wildman–Crippen LogP) is 3.59. The van der Waals surface area contributed by atoms with Gasteiger partial charge >= 0.3 is 0 Å². The third-order valence-electron chi connectivity index (χ3n) is 6.59. The highest BCUT2D eigenvalue weighted by atomic mass is 16.3. The van der Waals surface area contributed by atoms with Crippen LogP contribution >= 0.6 is 0 Å². The minimum Gasteiger partial charge on any atom is -0.467 e. The third-order valence-corrected chi connectivity index (χ3v) is 6.59. The molecule has 2 aromatic heterocycles. The lowest BCUT2D eigenvalue weighted by Gasteiger charge is -2.35. The molecule has 2 aliphatic heterocycles. The number of hydrogen-bond donors (Lipinski definition) is 0. The molecule has 6 rings (SSSR count). The number of carbonyl (C=O) groups is 3. The van der Waals surface area contributed by atoms with Crippen molar-refractivity contribution in [1.29, 1.82) is 0 Å². The van der Waals surface area contributed by atoms with Gasteiger partial charge < -0.3 is 14.2 Å². The number of fused-ring (bicyclic) bond motifs is 2. The van der Waals surface area contributed by atoms with E-state index >= 15 is 0 Å². The minimum atomic E-state index is -0.414. The predicted molar refractivity (Wildman–Crippen MR) is 129 cm³/mol. The summed E-state index contributed by atoms with van der Waals surface area (Å²) in [5.74, 6) is 0.479. The second kappa shape index (κ2) is 8.39. The van der Waals surface area contributed by atoms with Crippen molar-refractivity contribution in [3.05, 3.63) is 95.4 Å². The van der Waals surface area contributed by atoms with Crippen molar-refractivity contribution in [1.82, 2.24) is 14.8 Å². The monoisotopic (exact) mass is 466 g/mol. The van der Waals surface area contributed by atoms with Gasteiger partial charge in [-0.2, -0.15) is 0 Å². The van der Waals surface area contributed by atoms with E-state index in [2.05, 4.69) is 11.0 Å². The lowest BCUT2D eigenvalue weighted by Crippen LogP contribution is -2.49. The van der Waals surface area contributed by atoms with Gasteiger partial charge in [0.1, 0.15) is 11.6 Å². The van der Waals surface area contributed by atoms with E-state index in [-0.39, 0.29) is 23.9 Å². The summed E-state index contributed by atoms with van der Waals surface area (Å²) in [7, 11) is 0. The van der Waals surface area contributed by atoms with Gasteiger partial charge in [-0.05, 0) is 48.5 Å². The zero-order valence-electron chi connectivity index (χ0n) is 18.9. The molecule has 4 aromatic rings. The van der Waals surface area contributed by atoms with Crippen LogP contribution in [0.2, 0.25) is 0 Å². The largest absolute Gasteiger partial charge is 0.467 e. The maximum Gasteiger partial charge on any atom is 0.261 e. The zero-order chi connectivity index (χ0) is 23.9. The highest BCUT2D eigenvalue weighted by Crippen LogP contribution is 2.27. The Morgan fingerprint density at radius 2 is 1.66 bits per heavy atom. The van der Waals surface area contributed by atoms with Crippen molar-refractivity contribution in [3.8, 4) is 0 Å². The summed E-state index contributed by atoms with van der Waals surface area (Å²) < 4.78 is 5.28. The molecule has 8 heteroatoms. The molecular formula is C27H22N4O4. The Balaban J connectivity index is 1.15. The number of hydrogen-bond acceptors (Lipinski definition) is 6. The Morgan fingerprint density at radius 1 is 0.857 bits per heavy atom. The van der Waals surface area contributed by atoms with Crippen LogP contribution in [-0.4, -0.2) is 58.7 Å². The second-order valence-electron chi connectivity index (χ2n) is 8.68. The number of para-hydroxylation sites is 1. The summed E-state index contributed by atoms with van der Waals surface area (Å²) in [5.41, 5.74) is 1.92. The summed E-state index contributed by atoms with van der Waals surface area (Å²) in [6, 6.07) is 20.2. The van der Waals surface area contributed by atoms with Crippen LogP contribution in [0.3, 0.4) is 0 Å². The number of furan rings is 1. The van der Waals surface area contributed by atoms with Gasteiger partial charge in [-0.15, -0.1) is 0 Å². The van der Waals surface area contributed by atoms with E-state index in [1.54, 1.807) is 29.2 Å². The Labute approximate surface area is 201 Å². The number of imide groups is 1. The van der Waals surface area contributed by atoms with E-state index in [4.69, 9.17) is 9.40 Å². The van der Waals surface area contributed by atoms with Crippen LogP contribution in [0.4, 0.5) is 5.82 Å². The molecule has 1 saturated heterocycles. The molecule has 2 aromatic carbocycles. The van der Waals surface area contributed by atoms with Gasteiger partial charge in [-0.25, -0.2) is 4.98 Å². The van der Waals surface area contributed by atoms with Gasteiger partial charge in [0, 0.05) is 37.1 Å². The summed E-state index contributed by atoms with van der Waals surface area (Å²) in [6.45, 7) is 2.48. The van der Waals surface area contributed by atoms with Crippen molar-refractivity contribution in [2.24, 2.45) is 0 Å². The molecule has 35 heavy (non-hydrogen) atoms. The number of carbonyl (C=O) groups excluding carboxylic acids is 3. The number of pyridine rings is 1. The van der Waals surface area contributed by atoms with Crippen molar-refractivity contribution in [3.63, 3.8) is 0 Å². The first kappa shape index (κ1) is 21.1. The molecule has 0 spiro atoms. The van der Waals surface area contributed by atoms with Crippen molar-refractivity contribution >= 4 is 34.4 Å². The maximum atomic E-state index is 13.2. The number of rotatable bonds is 4. The van der Waals surface area contributed by atoms with Crippen LogP contribution in [0.25, 0.3) is 10.9 Å². The SMILES string of the molecule is O=C(c1ccc2c(c1)C(=O)N(Cc1ccco1)C2=O)N1CCN(c2ccc3ccccc3n2)CC1. The average molecular weight is 466 g/mol. The van der Waals surface area contributed by atoms with Gasteiger partial charge in [-0.3, -0.25) is 19.3 Å². The number of aromatic nitrogens is 1. The van der Waals surface area contributed by atoms with E-state index in [0.29, 0.717) is 43.1 Å². The fourth-order valence-electron chi connectivity index (χ4n) is 4.68. The number of benzene rings is 2. The van der Waals surface area contributed by atoms with E-state index in [1.165, 1.54) is 12.3 Å². The Kier molecular flexibility index (Phi) is 5.06. The van der Waals surface area contributed by atoms with Crippen LogP contribution in [0.1, 0.15) is 36.8 Å². The molecule has 0 atom stereocenters. The van der Waals surface area contributed by atoms with Gasteiger partial charge in [0.15, 0.2) is 0 Å². The molecule has 2 aliphatic rings. The summed E-state index contributed by atoms with van der Waals surface area (Å²) in [4.78, 5) is 48.7. The molecule has 0 saturated carbocycles. The van der Waals surface area contributed by atoms with Crippen LogP contribution in [0.5, 0.6) is 0 Å². The smallest absolute Gasteiger partial charge is 0.261 e. The molecule has 8 nitrogen and oxygen atoms in total. The van der Waals surface area contributed by atoms with Crippen molar-refractivity contribution < 1.29 is 18.8 Å². The topological polar surface area (TPSA) is 87.0 Å². The van der Waals surface area contributed by atoms with Gasteiger partial charge in [0.05, 0.1) is 29.5 Å². The number of anilines is 1. The van der Waals surface area contributed by atoms with Gasteiger partial charge in [0.2, 0.25) is 0 Å². The molecule has 0 aliphatic carbocycles. The molecule has 0 bridgehead atoms. The highest BCUT2D eigenvalue weighted by molar-refractivity contribution is 6.22. The molecule has 174 valence electrons. The Hall–Kier alpha value is -4.46. The standard InChI is InChI=1S/C27H22N4O4/c32-25(30-13-11-29(12-14-30)24-10-8-18-4-1-2-6-23(18)28-24)19-7-9-21-22(16-19)27(34)31(26(21)33)17-20-5-3-15-35-20/h1-10,15-16H,11-14,17H2. The van der Waals surface area contributed by atoms with E-state index in [1.807, 2.05) is 30.3 Å². The van der Waals surface area contributed by atoms with Crippen LogP contribution in [0, 0.1) is 0 Å². The summed E-state index contributed by atoms with van der Waals surface area (Å²) in [5, 5.41) is 1.09. The Bertz CT molecular complexity index is 1460. The van der Waals surface area contributed by atoms with Crippen LogP contribution in [-0.2, 0) is 6.54 Å². The lowest BCUT2D eigenvalue weighted by atomic mass is 10.0. The fourth-order valence-corrected chi connectivity index (χ4v) is 4.68. The lowest BCUT2D eigenvalue weighted by molar-refractivity contribution is 0.0631. The minimum absolute atomic E-state index is 0.0629. The summed E-state index contributed by atoms with van der Waals surface area (Å²) >= 11 is 0. The Morgan fingerprint density at radius 3 is 2.46 bits per heavy atom. The fraction of sp³-hybridized carbons (Fsp3) is 0.185. The van der Waals surface area contributed by atoms with E-state index in [0.717, 1.165) is 21.6 Å². The second-order valence-corrected chi connectivity index (χ2v) is 8.68. The molecule has 1 fully saturated rings. The maximum absolute atomic E-state index is 13.2. The van der Waals surface area contributed by atoms with E-state index < -0.39 is 5.91 Å². The molecular weight excluding hydrogens is 444 g/mol. The van der Waals surface area contributed by atoms with Crippen molar-refractivity contribution in [2.75, 3.05) is 31.1 Å². The molecule has 0 unspecified atom stereocenters. The quantitative estimate of drug-likeness (QED) is 0.427. The van der Waals surface area contributed by atoms with Crippen LogP contribution in [0.15, 0.2) is 77.4 Å². The number of piperazine rings is 1. The molecule has 4 heterocycles. The number of nitrogens with zero attached hydrogens (tertiary/aromatic N) is 4.